The Labute approximate surface area is 61.5 Å². The zero-order chi connectivity index (χ0) is 5.86. The summed E-state index contributed by atoms with van der Waals surface area (Å²) in [6.45, 7) is 0. The van der Waals surface area contributed by atoms with Crippen molar-refractivity contribution >= 4 is 45.0 Å². The quantitative estimate of drug-likeness (QED) is 0.439. The van der Waals surface area contributed by atoms with Crippen molar-refractivity contribution in [3.8, 4) is 0 Å². The first kappa shape index (κ1) is 8.09. The van der Waals surface area contributed by atoms with Crippen LogP contribution < -0.4 is 0 Å². The van der Waals surface area contributed by atoms with Gasteiger partial charge < -0.3 is 0 Å². The van der Waals surface area contributed by atoms with E-state index in [2.05, 4.69) is 0 Å². The molecule has 0 spiro atoms. The lowest BCUT2D eigenvalue weighted by Gasteiger charge is -2.03. The van der Waals surface area contributed by atoms with Crippen molar-refractivity contribution in [3.05, 3.63) is 0 Å². The average molecular weight is 178 g/mol. The van der Waals surface area contributed by atoms with Gasteiger partial charge in [-0.2, -0.15) is 0 Å². The van der Waals surface area contributed by atoms with Crippen LogP contribution in [-0.4, -0.2) is 20.5 Å². The topological polar surface area (TPSA) is 0 Å². The van der Waals surface area contributed by atoms with Crippen LogP contribution >= 0.6 is 34.8 Å². The number of rotatable bonds is 2. The molecule has 0 aliphatic rings. The first-order valence-electron chi connectivity index (χ1n) is 2.10. The van der Waals surface area contributed by atoms with Crippen LogP contribution in [0.2, 0.25) is 6.04 Å². The number of halogens is 3. The monoisotopic (exact) mass is 176 g/mol. The molecule has 0 aliphatic heterocycles. The van der Waals surface area contributed by atoms with Gasteiger partial charge in [0.15, 0.2) is 0 Å². The number of hydrogen-bond acceptors (Lipinski definition) is 0. The molecule has 0 fully saturated rings. The molecule has 1 unspecified atom stereocenters. The molecule has 0 aromatic rings. The summed E-state index contributed by atoms with van der Waals surface area (Å²) in [4.78, 5) is -0.390. The van der Waals surface area contributed by atoms with E-state index in [1.807, 2.05) is 0 Å². The average Bonchev–Trinajstić information content (AvgIpc) is 1.65. The predicted octanol–water partition coefficient (Wildman–Crippen LogP) is 1.18. The Balaban J connectivity index is 3.14. The Bertz CT molecular complexity index is 47.4. The molecule has 0 saturated carbocycles. The lowest BCUT2D eigenvalue weighted by Crippen LogP contribution is -2.06. The van der Waals surface area contributed by atoms with Gasteiger partial charge in [-0.1, -0.05) is 0 Å². The highest BCUT2D eigenvalue weighted by atomic mass is 35.5. The van der Waals surface area contributed by atoms with Crippen LogP contribution in [0.25, 0.3) is 0 Å². The minimum absolute atomic E-state index is 0.0324. The minimum Gasteiger partial charge on any atom is -0.120 e. The van der Waals surface area contributed by atoms with E-state index >= 15 is 0 Å². The highest BCUT2D eigenvalue weighted by Crippen LogP contribution is 2.15. The molecule has 0 rings (SSSR count). The lowest BCUT2D eigenvalue weighted by atomic mass is 10.5. The second kappa shape index (κ2) is 4.01. The second-order valence-corrected chi connectivity index (χ2v) is 3.80. The second-order valence-electron chi connectivity index (χ2n) is 1.26. The van der Waals surface area contributed by atoms with Gasteiger partial charge in [-0.05, 0) is 6.04 Å². The number of alkyl halides is 3. The van der Waals surface area contributed by atoms with Gasteiger partial charge in [-0.15, -0.1) is 34.8 Å². The van der Waals surface area contributed by atoms with Crippen LogP contribution in [0, 0.1) is 0 Å². The van der Waals surface area contributed by atoms with Gasteiger partial charge >= 0.3 is 0 Å². The highest BCUT2D eigenvalue weighted by Gasteiger charge is 2.08. The maximum atomic E-state index is 5.57. The first-order chi connectivity index (χ1) is 3.18. The lowest BCUT2D eigenvalue weighted by molar-refractivity contribution is 1.04. The maximum absolute atomic E-state index is 5.57. The van der Waals surface area contributed by atoms with Crippen LogP contribution in [0.15, 0.2) is 0 Å². The zero-order valence-corrected chi connectivity index (χ0v) is 8.26. The minimum atomic E-state index is -0.390. The summed E-state index contributed by atoms with van der Waals surface area (Å²) in [6, 6.07) is 0.958. The molecule has 4 heteroatoms. The van der Waals surface area contributed by atoms with Crippen LogP contribution in [0.3, 0.4) is 0 Å². The largest absolute Gasteiger partial charge is 0.123 e. The van der Waals surface area contributed by atoms with Crippen molar-refractivity contribution < 1.29 is 0 Å². The third-order valence-corrected chi connectivity index (χ3v) is 3.49. The Hall–Kier alpha value is 1.09. The van der Waals surface area contributed by atoms with Crippen molar-refractivity contribution in [1.29, 1.82) is 0 Å². The Kier molecular flexibility index (Phi) is 4.64. The van der Waals surface area contributed by atoms with Gasteiger partial charge in [0, 0.05) is 10.2 Å². The molecular weight excluding hydrogens is 170 g/mol. The molecular formula is C3H7Cl3Si. The van der Waals surface area contributed by atoms with E-state index in [1.54, 1.807) is 0 Å². The predicted molar refractivity (Wildman–Crippen MR) is 39.9 cm³/mol. The van der Waals surface area contributed by atoms with Crippen LogP contribution in [0.5, 0.6) is 0 Å². The van der Waals surface area contributed by atoms with Crippen molar-refractivity contribution in [3.63, 3.8) is 0 Å². The van der Waals surface area contributed by atoms with E-state index in [-0.39, 0.29) is 10.2 Å². The normalized spacial score (nSPS) is 15.4. The van der Waals surface area contributed by atoms with E-state index in [9.17, 15) is 0 Å². The zero-order valence-electron chi connectivity index (χ0n) is 4.00. The van der Waals surface area contributed by atoms with Gasteiger partial charge in [0.1, 0.15) is 4.84 Å². The van der Waals surface area contributed by atoms with Gasteiger partial charge in [-0.25, -0.2) is 0 Å². The van der Waals surface area contributed by atoms with E-state index in [4.69, 9.17) is 34.8 Å². The standard InChI is InChI=1S/C3H7Cl3Si/c4-2(1-7)3(5)6/h2-3H,1H2,7H3. The maximum Gasteiger partial charge on any atom is 0.123 e. The van der Waals surface area contributed by atoms with Gasteiger partial charge in [-0.3, -0.25) is 0 Å². The van der Waals surface area contributed by atoms with Crippen LogP contribution in [-0.2, 0) is 0 Å². The number of hydrogen-bond donors (Lipinski definition) is 0. The van der Waals surface area contributed by atoms with Crippen LogP contribution in [0.1, 0.15) is 0 Å². The summed E-state index contributed by atoms with van der Waals surface area (Å²) in [5.41, 5.74) is 0. The summed E-state index contributed by atoms with van der Waals surface area (Å²) < 4.78 is 0. The smallest absolute Gasteiger partial charge is 0.120 e. The molecule has 0 radical (unpaired) electrons. The molecule has 0 amide bonds. The van der Waals surface area contributed by atoms with E-state index in [0.717, 1.165) is 16.3 Å². The van der Waals surface area contributed by atoms with E-state index < -0.39 is 0 Å². The fraction of sp³-hybridized carbons (Fsp3) is 1.00. The Morgan fingerprint density at radius 1 is 1.29 bits per heavy atom. The SMILES string of the molecule is [SiH3]CC(Cl)C(Cl)Cl. The van der Waals surface area contributed by atoms with Crippen molar-refractivity contribution in [2.75, 3.05) is 0 Å². The Morgan fingerprint density at radius 3 is 1.71 bits per heavy atom. The third kappa shape index (κ3) is 3.65. The summed E-state index contributed by atoms with van der Waals surface area (Å²) in [6.07, 6.45) is 0. The molecule has 0 aromatic heterocycles. The highest BCUT2D eigenvalue weighted by molar-refractivity contribution is 6.49. The fourth-order valence-corrected chi connectivity index (χ4v) is 1.60. The van der Waals surface area contributed by atoms with Gasteiger partial charge in [0.05, 0.1) is 5.38 Å². The van der Waals surface area contributed by atoms with Crippen LogP contribution in [0.4, 0.5) is 0 Å². The molecule has 0 bridgehead atoms. The van der Waals surface area contributed by atoms with Crippen molar-refractivity contribution in [1.82, 2.24) is 0 Å². The van der Waals surface area contributed by atoms with Crippen molar-refractivity contribution in [2.45, 2.75) is 16.3 Å². The first-order valence-corrected chi connectivity index (χ1v) is 4.83. The molecule has 0 N–H and O–H groups in total. The molecule has 0 nitrogen and oxygen atoms in total. The Morgan fingerprint density at radius 2 is 1.71 bits per heavy atom. The molecule has 7 heavy (non-hydrogen) atoms. The molecule has 0 saturated heterocycles. The fourth-order valence-electron chi connectivity index (χ4n) is 0.178. The molecule has 0 heterocycles. The third-order valence-electron chi connectivity index (χ3n) is 0.663. The summed E-state index contributed by atoms with van der Waals surface area (Å²) in [7, 11) is 1.07. The van der Waals surface area contributed by atoms with Gasteiger partial charge in [0.25, 0.3) is 0 Å². The molecule has 44 valence electrons. The summed E-state index contributed by atoms with van der Waals surface area (Å²) >= 11 is 16.3. The molecule has 0 aliphatic carbocycles. The van der Waals surface area contributed by atoms with E-state index in [0.29, 0.717) is 0 Å². The molecule has 1 atom stereocenters. The van der Waals surface area contributed by atoms with Crippen molar-refractivity contribution in [2.24, 2.45) is 0 Å². The molecule has 0 aromatic carbocycles. The summed E-state index contributed by atoms with van der Waals surface area (Å²) in [5.74, 6) is 0. The van der Waals surface area contributed by atoms with E-state index in [1.165, 1.54) is 0 Å². The van der Waals surface area contributed by atoms with Gasteiger partial charge in [0.2, 0.25) is 0 Å². The summed E-state index contributed by atoms with van der Waals surface area (Å²) in [5, 5.41) is -0.0324.